The van der Waals surface area contributed by atoms with Gasteiger partial charge in [-0.05, 0) is 32.5 Å². The molecule has 1 aliphatic rings. The summed E-state index contributed by atoms with van der Waals surface area (Å²) in [7, 11) is 0. The Kier molecular flexibility index (Phi) is 9.43. The van der Waals surface area contributed by atoms with E-state index in [0.29, 0.717) is 6.10 Å². The molecule has 1 heterocycles. The summed E-state index contributed by atoms with van der Waals surface area (Å²) < 4.78 is 5.70. The fraction of sp³-hybridized carbons (Fsp3) is 1.00. The van der Waals surface area contributed by atoms with E-state index in [9.17, 15) is 0 Å². The van der Waals surface area contributed by atoms with E-state index in [1.165, 1.54) is 12.8 Å². The van der Waals surface area contributed by atoms with Crippen LogP contribution in [0.25, 0.3) is 0 Å². The van der Waals surface area contributed by atoms with Crippen molar-refractivity contribution in [2.75, 3.05) is 59.0 Å². The summed E-state index contributed by atoms with van der Waals surface area (Å²) in [6, 6.07) is 0. The van der Waals surface area contributed by atoms with Gasteiger partial charge in [0.2, 0.25) is 0 Å². The van der Waals surface area contributed by atoms with E-state index in [0.717, 1.165) is 59.0 Å². The van der Waals surface area contributed by atoms with Gasteiger partial charge >= 0.3 is 0 Å². The second-order valence-electron chi connectivity index (χ2n) is 5.31. The number of nitrogens with zero attached hydrogens (tertiary/aromatic N) is 2. The Labute approximate surface area is 119 Å². The van der Waals surface area contributed by atoms with Crippen LogP contribution in [0.1, 0.15) is 33.6 Å². The van der Waals surface area contributed by atoms with Crippen molar-refractivity contribution in [2.24, 2.45) is 0 Å². The topological polar surface area (TPSA) is 27.7 Å². The lowest BCUT2D eigenvalue weighted by Gasteiger charge is -2.24. The maximum absolute atomic E-state index is 5.70. The van der Waals surface area contributed by atoms with Gasteiger partial charge in [0.05, 0.1) is 6.10 Å². The van der Waals surface area contributed by atoms with Crippen molar-refractivity contribution < 1.29 is 4.74 Å². The van der Waals surface area contributed by atoms with Crippen molar-refractivity contribution in [1.82, 2.24) is 15.1 Å². The standard InChI is InChI=1S/C15H33N3O/c1-4-17(5-2)11-9-16-10-12-18(6-3)14-15-8-7-13-19-15/h15-16H,4-14H2,1-3H3. The van der Waals surface area contributed by atoms with Gasteiger partial charge in [-0.25, -0.2) is 0 Å². The van der Waals surface area contributed by atoms with Gasteiger partial charge in [-0.2, -0.15) is 0 Å². The second-order valence-corrected chi connectivity index (χ2v) is 5.31. The summed E-state index contributed by atoms with van der Waals surface area (Å²) in [4.78, 5) is 4.96. The maximum atomic E-state index is 5.70. The predicted octanol–water partition coefficient (Wildman–Crippen LogP) is 1.42. The van der Waals surface area contributed by atoms with Crippen LogP contribution < -0.4 is 5.32 Å². The van der Waals surface area contributed by atoms with Crippen molar-refractivity contribution in [3.05, 3.63) is 0 Å². The summed E-state index contributed by atoms with van der Waals surface area (Å²) in [5.41, 5.74) is 0. The van der Waals surface area contributed by atoms with Gasteiger partial charge in [0, 0.05) is 39.3 Å². The molecule has 0 saturated carbocycles. The Morgan fingerprint density at radius 3 is 2.16 bits per heavy atom. The maximum Gasteiger partial charge on any atom is 0.0702 e. The molecule has 0 aromatic heterocycles. The van der Waals surface area contributed by atoms with Crippen molar-refractivity contribution in [2.45, 2.75) is 39.7 Å². The number of rotatable bonds is 11. The molecule has 0 bridgehead atoms. The van der Waals surface area contributed by atoms with E-state index in [4.69, 9.17) is 4.74 Å². The van der Waals surface area contributed by atoms with Crippen molar-refractivity contribution >= 4 is 0 Å². The lowest BCUT2D eigenvalue weighted by atomic mass is 10.2. The molecule has 1 saturated heterocycles. The minimum Gasteiger partial charge on any atom is -0.377 e. The van der Waals surface area contributed by atoms with Crippen LogP contribution in [-0.2, 0) is 4.74 Å². The van der Waals surface area contributed by atoms with Crippen LogP contribution in [0.4, 0.5) is 0 Å². The predicted molar refractivity (Wildman–Crippen MR) is 81.7 cm³/mol. The number of ether oxygens (including phenoxy) is 1. The molecule has 1 aliphatic heterocycles. The number of likely N-dealkylation sites (N-methyl/N-ethyl adjacent to an activating group) is 2. The molecule has 114 valence electrons. The molecule has 0 aromatic carbocycles. The highest BCUT2D eigenvalue weighted by molar-refractivity contribution is 4.70. The first kappa shape index (κ1) is 16.9. The van der Waals surface area contributed by atoms with Crippen LogP contribution in [0.15, 0.2) is 0 Å². The zero-order valence-corrected chi connectivity index (χ0v) is 13.2. The molecule has 0 radical (unpaired) electrons. The quantitative estimate of drug-likeness (QED) is 0.575. The number of hydrogen-bond donors (Lipinski definition) is 1. The Balaban J connectivity index is 2.02. The molecule has 19 heavy (non-hydrogen) atoms. The third-order valence-electron chi connectivity index (χ3n) is 4.04. The first-order valence-electron chi connectivity index (χ1n) is 8.07. The molecule has 0 aromatic rings. The van der Waals surface area contributed by atoms with E-state index in [1.54, 1.807) is 0 Å². The minimum atomic E-state index is 0.482. The van der Waals surface area contributed by atoms with Crippen molar-refractivity contribution in [3.63, 3.8) is 0 Å². The molecule has 0 spiro atoms. The highest BCUT2D eigenvalue weighted by atomic mass is 16.5. The zero-order chi connectivity index (χ0) is 13.9. The zero-order valence-electron chi connectivity index (χ0n) is 13.2. The molecule has 1 N–H and O–H groups in total. The molecule has 4 nitrogen and oxygen atoms in total. The van der Waals surface area contributed by atoms with Gasteiger partial charge < -0.3 is 15.0 Å². The molecule has 0 aliphatic carbocycles. The van der Waals surface area contributed by atoms with E-state index in [-0.39, 0.29) is 0 Å². The van der Waals surface area contributed by atoms with Crippen LogP contribution in [-0.4, -0.2) is 74.9 Å². The normalized spacial score (nSPS) is 19.7. The van der Waals surface area contributed by atoms with Gasteiger partial charge in [-0.15, -0.1) is 0 Å². The van der Waals surface area contributed by atoms with E-state index in [2.05, 4.69) is 35.9 Å². The van der Waals surface area contributed by atoms with E-state index >= 15 is 0 Å². The van der Waals surface area contributed by atoms with Crippen molar-refractivity contribution in [1.29, 1.82) is 0 Å². The van der Waals surface area contributed by atoms with Crippen LogP contribution in [0.2, 0.25) is 0 Å². The fourth-order valence-electron chi connectivity index (χ4n) is 2.59. The highest BCUT2D eigenvalue weighted by Crippen LogP contribution is 2.12. The first-order chi connectivity index (χ1) is 9.30. The van der Waals surface area contributed by atoms with Crippen LogP contribution in [0.5, 0.6) is 0 Å². The lowest BCUT2D eigenvalue weighted by Crippen LogP contribution is -2.39. The molecular formula is C15H33N3O. The molecule has 1 atom stereocenters. The Morgan fingerprint density at radius 2 is 1.63 bits per heavy atom. The van der Waals surface area contributed by atoms with Gasteiger partial charge in [-0.1, -0.05) is 20.8 Å². The molecule has 4 heteroatoms. The second kappa shape index (κ2) is 10.6. The Bertz CT molecular complexity index is 204. The first-order valence-corrected chi connectivity index (χ1v) is 8.07. The van der Waals surface area contributed by atoms with Crippen LogP contribution in [0.3, 0.4) is 0 Å². The fourth-order valence-corrected chi connectivity index (χ4v) is 2.59. The largest absolute Gasteiger partial charge is 0.377 e. The summed E-state index contributed by atoms with van der Waals surface area (Å²) in [5.74, 6) is 0. The third kappa shape index (κ3) is 7.25. The summed E-state index contributed by atoms with van der Waals surface area (Å²) in [6.07, 6.45) is 2.96. The monoisotopic (exact) mass is 271 g/mol. The SMILES string of the molecule is CCN(CC)CCNCCN(CC)CC1CCCO1. The van der Waals surface area contributed by atoms with Gasteiger partial charge in [0.1, 0.15) is 0 Å². The van der Waals surface area contributed by atoms with Gasteiger partial charge in [-0.3, -0.25) is 4.90 Å². The molecule has 1 rings (SSSR count). The summed E-state index contributed by atoms with van der Waals surface area (Å²) in [6.45, 7) is 16.7. The summed E-state index contributed by atoms with van der Waals surface area (Å²) >= 11 is 0. The van der Waals surface area contributed by atoms with E-state index < -0.39 is 0 Å². The minimum absolute atomic E-state index is 0.482. The number of nitrogens with one attached hydrogen (secondary N) is 1. The van der Waals surface area contributed by atoms with E-state index in [1.807, 2.05) is 0 Å². The third-order valence-corrected chi connectivity index (χ3v) is 4.04. The molecule has 1 unspecified atom stereocenters. The lowest BCUT2D eigenvalue weighted by molar-refractivity contribution is 0.0751. The van der Waals surface area contributed by atoms with Crippen molar-refractivity contribution in [3.8, 4) is 0 Å². The van der Waals surface area contributed by atoms with Crippen LogP contribution >= 0.6 is 0 Å². The average Bonchev–Trinajstić information content (AvgIpc) is 2.94. The molecule has 1 fully saturated rings. The van der Waals surface area contributed by atoms with Gasteiger partial charge in [0.15, 0.2) is 0 Å². The summed E-state index contributed by atoms with van der Waals surface area (Å²) in [5, 5.41) is 3.55. The molecular weight excluding hydrogens is 238 g/mol. The van der Waals surface area contributed by atoms with Gasteiger partial charge in [0.25, 0.3) is 0 Å². The molecule has 0 amide bonds. The smallest absolute Gasteiger partial charge is 0.0702 e. The highest BCUT2D eigenvalue weighted by Gasteiger charge is 2.17. The number of hydrogen-bond acceptors (Lipinski definition) is 4. The van der Waals surface area contributed by atoms with Crippen LogP contribution in [0, 0.1) is 0 Å². The average molecular weight is 271 g/mol. The Morgan fingerprint density at radius 1 is 1.00 bits per heavy atom. The Hall–Kier alpha value is -0.160.